The number of anilines is 1. The van der Waals surface area contributed by atoms with Crippen molar-refractivity contribution in [1.82, 2.24) is 4.90 Å². The first-order valence-corrected chi connectivity index (χ1v) is 7.46. The molecule has 1 unspecified atom stereocenters. The zero-order valence-electron chi connectivity index (χ0n) is 10.8. The summed E-state index contributed by atoms with van der Waals surface area (Å²) in [6, 6.07) is 7.18. The van der Waals surface area contributed by atoms with Gasteiger partial charge in [-0.1, -0.05) is 18.2 Å². The van der Waals surface area contributed by atoms with E-state index in [9.17, 15) is 13.2 Å². The van der Waals surface area contributed by atoms with Crippen LogP contribution in [0.15, 0.2) is 24.3 Å². The third-order valence-corrected chi connectivity index (χ3v) is 4.31. The summed E-state index contributed by atoms with van der Waals surface area (Å²) < 4.78 is 22.6. The molecule has 0 aliphatic rings. The molecule has 0 spiro atoms. The fourth-order valence-corrected chi connectivity index (χ4v) is 2.05. The Morgan fingerprint density at radius 2 is 1.94 bits per heavy atom. The number of nitrogen functional groups attached to an aromatic ring is 1. The zero-order chi connectivity index (χ0) is 13.9. The second kappa shape index (κ2) is 5.39. The molecule has 2 N–H and O–H groups in total. The standard InChI is InChI=1S/C12H18N2O3S/c1-9(18(3,16)17)12(15)14(2)8-10-6-4-5-7-11(10)13/h4-7,9H,8,13H2,1-3H3. The molecule has 5 nitrogen and oxygen atoms in total. The molecule has 0 saturated heterocycles. The van der Waals surface area contributed by atoms with Crippen molar-refractivity contribution < 1.29 is 13.2 Å². The van der Waals surface area contributed by atoms with Crippen molar-refractivity contribution in [3.05, 3.63) is 29.8 Å². The quantitative estimate of drug-likeness (QED) is 0.815. The van der Waals surface area contributed by atoms with E-state index in [-0.39, 0.29) is 0 Å². The van der Waals surface area contributed by atoms with Crippen molar-refractivity contribution in [2.45, 2.75) is 18.7 Å². The number of nitrogens with two attached hydrogens (primary N) is 1. The minimum absolute atomic E-state index is 0.297. The van der Waals surface area contributed by atoms with E-state index >= 15 is 0 Å². The van der Waals surface area contributed by atoms with Crippen LogP contribution in [0.25, 0.3) is 0 Å². The van der Waals surface area contributed by atoms with Gasteiger partial charge in [-0.3, -0.25) is 4.79 Å². The van der Waals surface area contributed by atoms with Crippen molar-refractivity contribution in [1.29, 1.82) is 0 Å². The van der Waals surface area contributed by atoms with Crippen LogP contribution in [0.1, 0.15) is 12.5 Å². The van der Waals surface area contributed by atoms with Gasteiger partial charge < -0.3 is 10.6 Å². The molecule has 1 amide bonds. The molecule has 0 saturated carbocycles. The number of amides is 1. The zero-order valence-corrected chi connectivity index (χ0v) is 11.6. The van der Waals surface area contributed by atoms with Crippen molar-refractivity contribution in [2.75, 3.05) is 19.0 Å². The Bertz CT molecular complexity index is 540. The lowest BCUT2D eigenvalue weighted by Crippen LogP contribution is -2.38. The fraction of sp³-hybridized carbons (Fsp3) is 0.417. The fourth-order valence-electron chi connectivity index (χ4n) is 1.51. The molecular weight excluding hydrogens is 252 g/mol. The topological polar surface area (TPSA) is 80.5 Å². The Morgan fingerprint density at radius 1 is 1.39 bits per heavy atom. The van der Waals surface area contributed by atoms with Gasteiger partial charge in [0.15, 0.2) is 9.84 Å². The van der Waals surface area contributed by atoms with Crippen LogP contribution in [0.4, 0.5) is 5.69 Å². The van der Waals surface area contributed by atoms with Gasteiger partial charge in [-0.25, -0.2) is 8.42 Å². The van der Waals surface area contributed by atoms with Crippen molar-refractivity contribution in [3.8, 4) is 0 Å². The largest absolute Gasteiger partial charge is 0.398 e. The van der Waals surface area contributed by atoms with Crippen LogP contribution in [0, 0.1) is 0 Å². The number of sulfone groups is 1. The van der Waals surface area contributed by atoms with Crippen molar-refractivity contribution in [2.24, 2.45) is 0 Å². The highest BCUT2D eigenvalue weighted by molar-refractivity contribution is 7.92. The molecule has 0 heterocycles. The van der Waals surface area contributed by atoms with Crippen molar-refractivity contribution >= 4 is 21.4 Å². The number of hydrogen-bond acceptors (Lipinski definition) is 4. The highest BCUT2D eigenvalue weighted by Gasteiger charge is 2.26. The first-order chi connectivity index (χ1) is 8.23. The number of para-hydroxylation sites is 1. The Balaban J connectivity index is 2.81. The average molecular weight is 270 g/mol. The van der Waals surface area contributed by atoms with Crippen LogP contribution in [0.5, 0.6) is 0 Å². The number of hydrogen-bond donors (Lipinski definition) is 1. The molecule has 18 heavy (non-hydrogen) atoms. The maximum Gasteiger partial charge on any atom is 0.240 e. The van der Waals surface area contributed by atoms with E-state index in [0.29, 0.717) is 12.2 Å². The molecule has 1 aromatic rings. The first-order valence-electron chi connectivity index (χ1n) is 5.50. The van der Waals surface area contributed by atoms with Crippen LogP contribution in [-0.4, -0.2) is 37.8 Å². The van der Waals surface area contributed by atoms with Crippen LogP contribution in [0.3, 0.4) is 0 Å². The summed E-state index contributed by atoms with van der Waals surface area (Å²) in [5.41, 5.74) is 7.16. The molecule has 1 rings (SSSR count). The number of rotatable bonds is 4. The molecule has 0 aromatic heterocycles. The molecule has 1 aromatic carbocycles. The summed E-state index contributed by atoms with van der Waals surface area (Å²) in [6.45, 7) is 1.69. The molecule has 6 heteroatoms. The van der Waals surface area contributed by atoms with Gasteiger partial charge in [0.1, 0.15) is 5.25 Å². The summed E-state index contributed by atoms with van der Waals surface area (Å²) >= 11 is 0. The van der Waals surface area contributed by atoms with Crippen LogP contribution < -0.4 is 5.73 Å². The number of carbonyl (C=O) groups is 1. The Morgan fingerprint density at radius 3 is 2.44 bits per heavy atom. The SMILES string of the molecule is CC(C(=O)N(C)Cc1ccccc1N)S(C)(=O)=O. The van der Waals surface area contributed by atoms with Gasteiger partial charge in [0.25, 0.3) is 0 Å². The monoisotopic (exact) mass is 270 g/mol. The third kappa shape index (κ3) is 3.46. The lowest BCUT2D eigenvalue weighted by Gasteiger charge is -2.21. The summed E-state index contributed by atoms with van der Waals surface area (Å²) in [4.78, 5) is 13.3. The minimum Gasteiger partial charge on any atom is -0.398 e. The molecule has 0 fully saturated rings. The van der Waals surface area contributed by atoms with E-state index in [1.54, 1.807) is 19.2 Å². The van der Waals surface area contributed by atoms with Gasteiger partial charge in [0.05, 0.1) is 0 Å². The van der Waals surface area contributed by atoms with Crippen LogP contribution >= 0.6 is 0 Å². The van der Waals surface area contributed by atoms with Gasteiger partial charge in [0.2, 0.25) is 5.91 Å². The average Bonchev–Trinajstić information content (AvgIpc) is 2.29. The second-order valence-corrected chi connectivity index (χ2v) is 6.73. The van der Waals surface area contributed by atoms with Gasteiger partial charge in [-0.15, -0.1) is 0 Å². The van der Waals surface area contributed by atoms with E-state index in [0.717, 1.165) is 11.8 Å². The molecule has 100 valence electrons. The van der Waals surface area contributed by atoms with E-state index in [1.165, 1.54) is 11.8 Å². The molecule has 1 atom stereocenters. The van der Waals surface area contributed by atoms with Crippen molar-refractivity contribution in [3.63, 3.8) is 0 Å². The van der Waals surface area contributed by atoms with E-state index in [2.05, 4.69) is 0 Å². The third-order valence-electron chi connectivity index (χ3n) is 2.83. The predicted octanol–water partition coefficient (Wildman–Crippen LogP) is 0.660. The highest BCUT2D eigenvalue weighted by atomic mass is 32.2. The Hall–Kier alpha value is -1.56. The Kier molecular flexibility index (Phi) is 4.34. The van der Waals surface area contributed by atoms with Gasteiger partial charge in [0, 0.05) is 25.5 Å². The maximum absolute atomic E-state index is 11.9. The van der Waals surface area contributed by atoms with Gasteiger partial charge >= 0.3 is 0 Å². The number of benzene rings is 1. The lowest BCUT2D eigenvalue weighted by atomic mass is 10.1. The molecular formula is C12H18N2O3S. The van der Waals surface area contributed by atoms with Gasteiger partial charge in [-0.05, 0) is 18.6 Å². The maximum atomic E-state index is 11.9. The highest BCUT2D eigenvalue weighted by Crippen LogP contribution is 2.14. The summed E-state index contributed by atoms with van der Waals surface area (Å²) in [7, 11) is -1.81. The summed E-state index contributed by atoms with van der Waals surface area (Å²) in [5.74, 6) is -0.430. The number of carbonyl (C=O) groups excluding carboxylic acids is 1. The van der Waals surface area contributed by atoms with Crippen LogP contribution in [0.2, 0.25) is 0 Å². The minimum atomic E-state index is -3.37. The Labute approximate surface area is 108 Å². The second-order valence-electron chi connectivity index (χ2n) is 4.36. The summed E-state index contributed by atoms with van der Waals surface area (Å²) in [6.07, 6.45) is 1.06. The molecule has 0 radical (unpaired) electrons. The van der Waals surface area contributed by atoms with Gasteiger partial charge in [-0.2, -0.15) is 0 Å². The lowest BCUT2D eigenvalue weighted by molar-refractivity contribution is -0.129. The molecule has 0 aliphatic carbocycles. The first kappa shape index (κ1) is 14.5. The van der Waals surface area contributed by atoms with E-state index in [1.807, 2.05) is 12.1 Å². The smallest absolute Gasteiger partial charge is 0.240 e. The van der Waals surface area contributed by atoms with E-state index < -0.39 is 21.0 Å². The summed E-state index contributed by atoms with van der Waals surface area (Å²) in [5, 5.41) is -1.03. The number of nitrogens with zero attached hydrogens (tertiary/aromatic N) is 1. The predicted molar refractivity (Wildman–Crippen MR) is 71.6 cm³/mol. The molecule has 0 bridgehead atoms. The van der Waals surface area contributed by atoms with Crippen LogP contribution in [-0.2, 0) is 21.2 Å². The van der Waals surface area contributed by atoms with E-state index in [4.69, 9.17) is 5.73 Å². The molecule has 0 aliphatic heterocycles. The normalized spacial score (nSPS) is 13.1.